The van der Waals surface area contributed by atoms with Crippen LogP contribution in [0.5, 0.6) is 0 Å². The summed E-state index contributed by atoms with van der Waals surface area (Å²) in [5.41, 5.74) is 1.64. The van der Waals surface area contributed by atoms with E-state index < -0.39 is 12.6 Å². The standard InChI is InChI=1S/C12H12FNO2/c1-8-11(12(15)16)9-4-2-3-5-10(9)14(8)7-6-13/h2-5H,6-7H2,1H3,(H,15,16). The maximum Gasteiger partial charge on any atom is 0.338 e. The number of hydrogen-bond donors (Lipinski definition) is 1. The van der Waals surface area contributed by atoms with Crippen molar-refractivity contribution in [1.82, 2.24) is 4.57 Å². The van der Waals surface area contributed by atoms with Crippen LogP contribution in [0, 0.1) is 6.92 Å². The number of aryl methyl sites for hydroxylation is 1. The molecule has 3 nitrogen and oxygen atoms in total. The number of hydrogen-bond acceptors (Lipinski definition) is 1. The number of benzene rings is 1. The minimum absolute atomic E-state index is 0.194. The lowest BCUT2D eigenvalue weighted by Gasteiger charge is -2.04. The first-order valence-corrected chi connectivity index (χ1v) is 5.04. The van der Waals surface area contributed by atoms with Crippen LogP contribution >= 0.6 is 0 Å². The van der Waals surface area contributed by atoms with Gasteiger partial charge in [-0.25, -0.2) is 9.18 Å². The highest BCUT2D eigenvalue weighted by Crippen LogP contribution is 2.25. The molecule has 0 amide bonds. The quantitative estimate of drug-likeness (QED) is 0.865. The molecule has 2 aromatic rings. The van der Waals surface area contributed by atoms with E-state index in [0.717, 1.165) is 5.52 Å². The van der Waals surface area contributed by atoms with Crippen LogP contribution in [0.1, 0.15) is 16.1 Å². The van der Waals surface area contributed by atoms with Gasteiger partial charge >= 0.3 is 5.97 Å². The van der Waals surface area contributed by atoms with Gasteiger partial charge < -0.3 is 9.67 Å². The Bertz CT molecular complexity index is 545. The second-order valence-electron chi connectivity index (χ2n) is 3.62. The van der Waals surface area contributed by atoms with Gasteiger partial charge in [-0.15, -0.1) is 0 Å². The number of carboxylic acid groups (broad SMARTS) is 1. The monoisotopic (exact) mass is 221 g/mol. The van der Waals surface area contributed by atoms with Crippen LogP contribution in [-0.4, -0.2) is 22.3 Å². The van der Waals surface area contributed by atoms with Crippen LogP contribution in [0.2, 0.25) is 0 Å². The summed E-state index contributed by atoms with van der Waals surface area (Å²) in [7, 11) is 0. The number of carbonyl (C=O) groups is 1. The predicted molar refractivity (Wildman–Crippen MR) is 59.6 cm³/mol. The Hall–Kier alpha value is -1.84. The largest absolute Gasteiger partial charge is 0.478 e. The van der Waals surface area contributed by atoms with Crippen LogP contribution in [0.15, 0.2) is 24.3 Å². The number of rotatable bonds is 3. The Morgan fingerprint density at radius 2 is 2.12 bits per heavy atom. The first-order valence-electron chi connectivity index (χ1n) is 5.04. The van der Waals surface area contributed by atoms with Crippen molar-refractivity contribution in [2.45, 2.75) is 13.5 Å². The highest BCUT2D eigenvalue weighted by atomic mass is 19.1. The molecule has 2 rings (SSSR count). The number of aromatic nitrogens is 1. The van der Waals surface area contributed by atoms with Gasteiger partial charge in [-0.05, 0) is 13.0 Å². The Morgan fingerprint density at radius 1 is 1.44 bits per heavy atom. The van der Waals surface area contributed by atoms with E-state index in [1.165, 1.54) is 0 Å². The number of nitrogens with zero attached hydrogens (tertiary/aromatic N) is 1. The van der Waals surface area contributed by atoms with E-state index in [1.54, 1.807) is 23.6 Å². The van der Waals surface area contributed by atoms with E-state index in [9.17, 15) is 9.18 Å². The van der Waals surface area contributed by atoms with Crippen molar-refractivity contribution in [2.24, 2.45) is 0 Å². The molecule has 0 atom stereocenters. The molecule has 1 heterocycles. The van der Waals surface area contributed by atoms with Gasteiger partial charge in [0.15, 0.2) is 0 Å². The van der Waals surface area contributed by atoms with Crippen molar-refractivity contribution >= 4 is 16.9 Å². The molecule has 1 aromatic heterocycles. The Balaban J connectivity index is 2.80. The van der Waals surface area contributed by atoms with Crippen LogP contribution in [0.25, 0.3) is 10.9 Å². The Kier molecular flexibility index (Phi) is 2.64. The van der Waals surface area contributed by atoms with Crippen molar-refractivity contribution < 1.29 is 14.3 Å². The highest BCUT2D eigenvalue weighted by Gasteiger charge is 2.18. The maximum atomic E-state index is 12.4. The van der Waals surface area contributed by atoms with E-state index in [4.69, 9.17) is 5.11 Å². The molecule has 84 valence electrons. The number of fused-ring (bicyclic) bond motifs is 1. The minimum atomic E-state index is -0.966. The Morgan fingerprint density at radius 3 is 2.75 bits per heavy atom. The molecule has 16 heavy (non-hydrogen) atoms. The zero-order valence-corrected chi connectivity index (χ0v) is 8.90. The van der Waals surface area contributed by atoms with Gasteiger partial charge in [0.2, 0.25) is 0 Å². The molecule has 0 fully saturated rings. The molecule has 0 aliphatic rings. The zero-order valence-electron chi connectivity index (χ0n) is 8.90. The summed E-state index contributed by atoms with van der Waals surface area (Å²) in [5, 5.41) is 9.81. The lowest BCUT2D eigenvalue weighted by Crippen LogP contribution is -2.04. The predicted octanol–water partition coefficient (Wildman–Crippen LogP) is 2.62. The smallest absolute Gasteiger partial charge is 0.338 e. The summed E-state index contributed by atoms with van der Waals surface area (Å²) in [5.74, 6) is -0.966. The molecular weight excluding hydrogens is 209 g/mol. The van der Waals surface area contributed by atoms with Gasteiger partial charge in [0.25, 0.3) is 0 Å². The van der Waals surface area contributed by atoms with Gasteiger partial charge in [-0.3, -0.25) is 0 Å². The molecular formula is C12H12FNO2. The fourth-order valence-corrected chi connectivity index (χ4v) is 2.07. The van der Waals surface area contributed by atoms with E-state index in [1.807, 2.05) is 12.1 Å². The van der Waals surface area contributed by atoms with E-state index in [-0.39, 0.29) is 12.1 Å². The average molecular weight is 221 g/mol. The molecule has 4 heteroatoms. The number of alkyl halides is 1. The maximum absolute atomic E-state index is 12.4. The van der Waals surface area contributed by atoms with Crippen LogP contribution in [0.4, 0.5) is 4.39 Å². The van der Waals surface area contributed by atoms with Crippen molar-refractivity contribution in [3.8, 4) is 0 Å². The molecule has 1 aromatic carbocycles. The van der Waals surface area contributed by atoms with Crippen LogP contribution < -0.4 is 0 Å². The minimum Gasteiger partial charge on any atom is -0.478 e. The topological polar surface area (TPSA) is 42.2 Å². The second kappa shape index (κ2) is 3.96. The number of para-hydroxylation sites is 1. The third kappa shape index (κ3) is 1.46. The number of aromatic carboxylic acids is 1. The van der Waals surface area contributed by atoms with Crippen LogP contribution in [0.3, 0.4) is 0 Å². The summed E-state index contributed by atoms with van der Waals surface area (Å²) >= 11 is 0. The SMILES string of the molecule is Cc1c(C(=O)O)c2ccccc2n1CCF. The molecule has 0 aliphatic heterocycles. The molecule has 0 bridgehead atoms. The van der Waals surface area contributed by atoms with Crippen molar-refractivity contribution in [2.75, 3.05) is 6.67 Å². The highest BCUT2D eigenvalue weighted by molar-refractivity contribution is 6.05. The first kappa shape index (κ1) is 10.7. The summed E-state index contributed by atoms with van der Waals surface area (Å²) in [6.07, 6.45) is 0. The van der Waals surface area contributed by atoms with E-state index in [0.29, 0.717) is 11.1 Å². The normalized spacial score (nSPS) is 10.9. The summed E-state index contributed by atoms with van der Waals surface area (Å²) in [6.45, 7) is 1.40. The van der Waals surface area contributed by atoms with Gasteiger partial charge in [0, 0.05) is 16.6 Å². The molecule has 0 spiro atoms. The molecule has 0 saturated carbocycles. The first-order chi connectivity index (χ1) is 7.66. The van der Waals surface area contributed by atoms with Gasteiger partial charge in [0.1, 0.15) is 6.67 Å². The Labute approximate surface area is 92.1 Å². The van der Waals surface area contributed by atoms with Crippen LogP contribution in [-0.2, 0) is 6.54 Å². The fourth-order valence-electron chi connectivity index (χ4n) is 2.07. The average Bonchev–Trinajstić information content (AvgIpc) is 2.53. The second-order valence-corrected chi connectivity index (χ2v) is 3.62. The lowest BCUT2D eigenvalue weighted by molar-refractivity contribution is 0.0698. The van der Waals surface area contributed by atoms with Crippen molar-refractivity contribution in [3.63, 3.8) is 0 Å². The van der Waals surface area contributed by atoms with Gasteiger partial charge in [-0.2, -0.15) is 0 Å². The summed E-state index contributed by atoms with van der Waals surface area (Å²) < 4.78 is 14.1. The van der Waals surface area contributed by atoms with Crippen molar-refractivity contribution in [3.05, 3.63) is 35.5 Å². The van der Waals surface area contributed by atoms with Gasteiger partial charge in [-0.1, -0.05) is 18.2 Å². The molecule has 0 unspecified atom stereocenters. The molecule has 0 saturated heterocycles. The molecule has 1 N–H and O–H groups in total. The van der Waals surface area contributed by atoms with Gasteiger partial charge in [0.05, 0.1) is 12.1 Å². The fraction of sp³-hybridized carbons (Fsp3) is 0.250. The zero-order chi connectivity index (χ0) is 11.7. The molecule has 0 radical (unpaired) electrons. The molecule has 0 aliphatic carbocycles. The van der Waals surface area contributed by atoms with E-state index in [2.05, 4.69) is 0 Å². The lowest BCUT2D eigenvalue weighted by atomic mass is 10.1. The number of carboxylic acids is 1. The number of halogens is 1. The summed E-state index contributed by atoms with van der Waals surface area (Å²) in [6, 6.07) is 7.17. The van der Waals surface area contributed by atoms with E-state index >= 15 is 0 Å². The van der Waals surface area contributed by atoms with Crippen molar-refractivity contribution in [1.29, 1.82) is 0 Å². The third-order valence-corrected chi connectivity index (χ3v) is 2.75. The third-order valence-electron chi connectivity index (χ3n) is 2.75. The summed E-state index contributed by atoms with van der Waals surface area (Å²) in [4.78, 5) is 11.1.